The molecule has 2 fully saturated rings. The Bertz CT molecular complexity index is 861. The smallest absolute Gasteiger partial charge is 0.278 e. The average molecular weight is 359 g/mol. The van der Waals surface area contributed by atoms with Crippen LogP contribution in [0.4, 0.5) is 13.2 Å². The first-order valence-electron chi connectivity index (χ1n) is 8.37. The number of hydrogen-bond acceptors (Lipinski definition) is 2. The van der Waals surface area contributed by atoms with Gasteiger partial charge in [-0.25, -0.2) is 0 Å². The molecule has 1 aliphatic heterocycles. The SMILES string of the molecule is O=C1CC2(CC2c2ccc(C(F)(F)F)cc2)C(=O)N1Cc1ccccc1. The highest BCUT2D eigenvalue weighted by molar-refractivity contribution is 6.08. The van der Waals surface area contributed by atoms with Crippen molar-refractivity contribution in [2.45, 2.75) is 31.5 Å². The Balaban J connectivity index is 1.52. The van der Waals surface area contributed by atoms with Crippen LogP contribution in [0.25, 0.3) is 0 Å². The van der Waals surface area contributed by atoms with E-state index in [1.807, 2.05) is 30.3 Å². The van der Waals surface area contributed by atoms with Crippen LogP contribution in [-0.4, -0.2) is 16.7 Å². The van der Waals surface area contributed by atoms with E-state index >= 15 is 0 Å². The highest BCUT2D eigenvalue weighted by Gasteiger charge is 2.67. The fourth-order valence-electron chi connectivity index (χ4n) is 3.83. The molecule has 2 aromatic rings. The van der Waals surface area contributed by atoms with Crippen molar-refractivity contribution >= 4 is 11.8 Å². The summed E-state index contributed by atoms with van der Waals surface area (Å²) in [6.07, 6.45) is -3.75. The zero-order valence-corrected chi connectivity index (χ0v) is 13.8. The monoisotopic (exact) mass is 359 g/mol. The topological polar surface area (TPSA) is 37.4 Å². The molecular weight excluding hydrogens is 343 g/mol. The Morgan fingerprint density at radius 2 is 1.65 bits per heavy atom. The first-order valence-corrected chi connectivity index (χ1v) is 8.37. The molecule has 134 valence electrons. The first kappa shape index (κ1) is 16.8. The van der Waals surface area contributed by atoms with E-state index < -0.39 is 17.2 Å². The Morgan fingerprint density at radius 1 is 1.00 bits per heavy atom. The van der Waals surface area contributed by atoms with Crippen LogP contribution in [0.5, 0.6) is 0 Å². The number of rotatable bonds is 3. The molecule has 4 rings (SSSR count). The molecule has 2 atom stereocenters. The molecule has 2 unspecified atom stereocenters. The van der Waals surface area contributed by atoms with Gasteiger partial charge in [0.1, 0.15) is 0 Å². The van der Waals surface area contributed by atoms with Crippen LogP contribution < -0.4 is 0 Å². The van der Waals surface area contributed by atoms with Gasteiger partial charge in [0, 0.05) is 6.42 Å². The van der Waals surface area contributed by atoms with E-state index in [0.717, 1.165) is 17.7 Å². The molecule has 0 aromatic heterocycles. The number of likely N-dealkylation sites (tertiary alicyclic amines) is 1. The van der Waals surface area contributed by atoms with E-state index in [1.54, 1.807) is 0 Å². The largest absolute Gasteiger partial charge is 0.416 e. The molecule has 3 nitrogen and oxygen atoms in total. The quantitative estimate of drug-likeness (QED) is 0.773. The van der Waals surface area contributed by atoms with Crippen molar-refractivity contribution in [1.82, 2.24) is 4.90 Å². The lowest BCUT2D eigenvalue weighted by Gasteiger charge is -2.15. The van der Waals surface area contributed by atoms with Crippen molar-refractivity contribution in [3.05, 3.63) is 71.3 Å². The van der Waals surface area contributed by atoms with Crippen molar-refractivity contribution in [3.8, 4) is 0 Å². The van der Waals surface area contributed by atoms with Crippen molar-refractivity contribution in [3.63, 3.8) is 0 Å². The van der Waals surface area contributed by atoms with Crippen LogP contribution in [0.1, 0.15) is 35.4 Å². The number of halogens is 3. The number of carbonyl (C=O) groups excluding carboxylic acids is 2. The average Bonchev–Trinajstić information content (AvgIpc) is 3.29. The third kappa shape index (κ3) is 2.69. The number of amides is 2. The molecule has 2 amide bonds. The fraction of sp³-hybridized carbons (Fsp3) is 0.300. The second-order valence-corrected chi connectivity index (χ2v) is 6.98. The van der Waals surface area contributed by atoms with E-state index in [0.29, 0.717) is 12.0 Å². The highest BCUT2D eigenvalue weighted by Crippen LogP contribution is 2.65. The number of alkyl halides is 3. The van der Waals surface area contributed by atoms with Gasteiger partial charge in [0.2, 0.25) is 11.8 Å². The van der Waals surface area contributed by atoms with Crippen LogP contribution in [-0.2, 0) is 22.3 Å². The third-order valence-corrected chi connectivity index (χ3v) is 5.34. The molecule has 0 bridgehead atoms. The van der Waals surface area contributed by atoms with Gasteiger partial charge in [-0.2, -0.15) is 13.2 Å². The Kier molecular flexibility index (Phi) is 3.68. The van der Waals surface area contributed by atoms with Crippen molar-refractivity contribution < 1.29 is 22.8 Å². The molecule has 0 N–H and O–H groups in total. The number of hydrogen-bond donors (Lipinski definition) is 0. The lowest BCUT2D eigenvalue weighted by atomic mass is 9.96. The summed E-state index contributed by atoms with van der Waals surface area (Å²) >= 11 is 0. The van der Waals surface area contributed by atoms with Gasteiger partial charge < -0.3 is 0 Å². The minimum absolute atomic E-state index is 0.129. The Morgan fingerprint density at radius 3 is 2.27 bits per heavy atom. The van der Waals surface area contributed by atoms with Gasteiger partial charge in [0.05, 0.1) is 17.5 Å². The molecule has 0 radical (unpaired) electrons. The predicted molar refractivity (Wildman–Crippen MR) is 87.9 cm³/mol. The predicted octanol–water partition coefficient (Wildman–Crippen LogP) is 4.14. The number of carbonyl (C=O) groups is 2. The zero-order valence-electron chi connectivity index (χ0n) is 13.8. The Hall–Kier alpha value is -2.63. The van der Waals surface area contributed by atoms with E-state index in [9.17, 15) is 22.8 Å². The normalized spacial score (nSPS) is 25.2. The maximum absolute atomic E-state index is 12.8. The maximum atomic E-state index is 12.8. The van der Waals surface area contributed by atoms with Crippen molar-refractivity contribution in [2.24, 2.45) is 5.41 Å². The molecule has 2 aliphatic rings. The van der Waals surface area contributed by atoms with Crippen LogP contribution in [0.15, 0.2) is 54.6 Å². The van der Waals surface area contributed by atoms with E-state index in [-0.39, 0.29) is 30.7 Å². The Labute approximate surface area is 148 Å². The fourth-order valence-corrected chi connectivity index (χ4v) is 3.83. The molecule has 1 heterocycles. The summed E-state index contributed by atoms with van der Waals surface area (Å²) in [5.41, 5.74) is 0.0696. The minimum atomic E-state index is -4.38. The standard InChI is InChI=1S/C20H16F3NO2/c21-20(22,23)15-8-6-14(7-9-15)16-10-19(16)11-17(25)24(18(19)26)12-13-4-2-1-3-5-13/h1-9,16H,10-12H2. The van der Waals surface area contributed by atoms with Crippen LogP contribution in [0, 0.1) is 5.41 Å². The van der Waals surface area contributed by atoms with Crippen LogP contribution in [0.3, 0.4) is 0 Å². The lowest BCUT2D eigenvalue weighted by Crippen LogP contribution is -2.30. The third-order valence-electron chi connectivity index (χ3n) is 5.34. The summed E-state index contributed by atoms with van der Waals surface area (Å²) in [7, 11) is 0. The molecule has 1 spiro atoms. The van der Waals surface area contributed by atoms with E-state index in [1.165, 1.54) is 17.0 Å². The number of imide groups is 1. The molecule has 6 heteroatoms. The van der Waals surface area contributed by atoms with E-state index in [4.69, 9.17) is 0 Å². The molecule has 1 aliphatic carbocycles. The molecule has 1 saturated heterocycles. The lowest BCUT2D eigenvalue weighted by molar-refractivity contribution is -0.141. The summed E-state index contributed by atoms with van der Waals surface area (Å²) in [5, 5.41) is 0. The highest BCUT2D eigenvalue weighted by atomic mass is 19.4. The van der Waals surface area contributed by atoms with Gasteiger partial charge in [-0.1, -0.05) is 42.5 Å². The van der Waals surface area contributed by atoms with Crippen molar-refractivity contribution in [1.29, 1.82) is 0 Å². The number of nitrogens with zero attached hydrogens (tertiary/aromatic N) is 1. The first-order chi connectivity index (χ1) is 12.3. The van der Waals surface area contributed by atoms with Gasteiger partial charge in [0.25, 0.3) is 0 Å². The maximum Gasteiger partial charge on any atom is 0.416 e. The molecule has 1 saturated carbocycles. The molecule has 26 heavy (non-hydrogen) atoms. The molecular formula is C20H16F3NO2. The summed E-state index contributed by atoms with van der Waals surface area (Å²) in [5.74, 6) is -0.619. The minimum Gasteiger partial charge on any atom is -0.278 e. The van der Waals surface area contributed by atoms with Crippen LogP contribution in [0.2, 0.25) is 0 Å². The van der Waals surface area contributed by atoms with Gasteiger partial charge in [-0.05, 0) is 35.6 Å². The van der Waals surface area contributed by atoms with Crippen LogP contribution >= 0.6 is 0 Å². The molecule has 2 aromatic carbocycles. The van der Waals surface area contributed by atoms with E-state index in [2.05, 4.69) is 0 Å². The zero-order chi connectivity index (χ0) is 18.5. The summed E-state index contributed by atoms with van der Waals surface area (Å²) < 4.78 is 38.1. The van der Waals surface area contributed by atoms with Gasteiger partial charge in [-0.15, -0.1) is 0 Å². The van der Waals surface area contributed by atoms with Gasteiger partial charge in [-0.3, -0.25) is 14.5 Å². The van der Waals surface area contributed by atoms with Gasteiger partial charge >= 0.3 is 6.18 Å². The van der Waals surface area contributed by atoms with Crippen molar-refractivity contribution in [2.75, 3.05) is 0 Å². The second-order valence-electron chi connectivity index (χ2n) is 6.98. The second kappa shape index (κ2) is 5.69. The number of benzene rings is 2. The summed E-state index contributed by atoms with van der Waals surface area (Å²) in [6.45, 7) is 0.236. The van der Waals surface area contributed by atoms with Gasteiger partial charge in [0.15, 0.2) is 0 Å². The summed E-state index contributed by atoms with van der Waals surface area (Å²) in [4.78, 5) is 26.5. The summed E-state index contributed by atoms with van der Waals surface area (Å²) in [6, 6.07) is 14.2.